The summed E-state index contributed by atoms with van der Waals surface area (Å²) >= 11 is 0. The van der Waals surface area contributed by atoms with Crippen molar-refractivity contribution in [2.24, 2.45) is 5.92 Å². The van der Waals surface area contributed by atoms with E-state index in [0.29, 0.717) is 12.5 Å². The zero-order valence-corrected chi connectivity index (χ0v) is 11.6. The monoisotopic (exact) mass is 249 g/mol. The molecule has 1 aliphatic heterocycles. The molecule has 1 aliphatic rings. The van der Waals surface area contributed by atoms with Gasteiger partial charge in [-0.2, -0.15) is 0 Å². The summed E-state index contributed by atoms with van der Waals surface area (Å²) < 4.78 is 0. The van der Waals surface area contributed by atoms with Crippen molar-refractivity contribution in [3.8, 4) is 0 Å². The van der Waals surface area contributed by atoms with E-state index in [1.165, 1.54) is 0 Å². The van der Waals surface area contributed by atoms with Gasteiger partial charge in [-0.3, -0.25) is 0 Å². The van der Waals surface area contributed by atoms with Crippen molar-refractivity contribution in [3.63, 3.8) is 0 Å². The Hall–Kier alpha value is -1.16. The van der Waals surface area contributed by atoms with E-state index in [2.05, 4.69) is 35.6 Å². The topological polar surface area (TPSA) is 49.2 Å². The van der Waals surface area contributed by atoms with Crippen molar-refractivity contribution in [1.82, 2.24) is 9.97 Å². The van der Waals surface area contributed by atoms with E-state index >= 15 is 0 Å². The molecule has 0 spiro atoms. The van der Waals surface area contributed by atoms with Gasteiger partial charge in [-0.15, -0.1) is 0 Å². The maximum Gasteiger partial charge on any atom is 0.225 e. The second kappa shape index (κ2) is 5.22. The highest BCUT2D eigenvalue weighted by atomic mass is 16.3. The highest BCUT2D eigenvalue weighted by Gasteiger charge is 2.21. The van der Waals surface area contributed by atoms with Crippen LogP contribution in [0.5, 0.6) is 0 Å². The van der Waals surface area contributed by atoms with E-state index in [1.54, 1.807) is 0 Å². The van der Waals surface area contributed by atoms with Crippen LogP contribution in [-0.2, 0) is 5.41 Å². The second-order valence-electron chi connectivity index (χ2n) is 6.13. The second-order valence-corrected chi connectivity index (χ2v) is 6.13. The fourth-order valence-corrected chi connectivity index (χ4v) is 2.19. The predicted octanol–water partition coefficient (Wildman–Crippen LogP) is 1.98. The standard InChI is InChI=1S/C14H23N3O/c1-14(2,3)12-8-15-13(16-9-12)17-6-4-11(10-18)5-7-17/h8-9,11,18H,4-7,10H2,1-3H3. The number of hydrogen-bond donors (Lipinski definition) is 1. The maximum atomic E-state index is 9.12. The molecule has 1 aromatic rings. The lowest BCUT2D eigenvalue weighted by Crippen LogP contribution is -2.35. The lowest BCUT2D eigenvalue weighted by atomic mass is 9.89. The number of aliphatic hydroxyl groups is 1. The molecule has 0 aliphatic carbocycles. The quantitative estimate of drug-likeness (QED) is 0.870. The molecule has 2 heterocycles. The van der Waals surface area contributed by atoms with Gasteiger partial charge < -0.3 is 10.0 Å². The highest BCUT2D eigenvalue weighted by Crippen LogP contribution is 2.23. The first-order chi connectivity index (χ1) is 8.50. The van der Waals surface area contributed by atoms with Gasteiger partial charge in [-0.25, -0.2) is 9.97 Å². The summed E-state index contributed by atoms with van der Waals surface area (Å²) in [6.45, 7) is 8.69. The average molecular weight is 249 g/mol. The van der Waals surface area contributed by atoms with E-state index in [4.69, 9.17) is 5.11 Å². The molecular weight excluding hydrogens is 226 g/mol. The summed E-state index contributed by atoms with van der Waals surface area (Å²) in [4.78, 5) is 11.2. The largest absolute Gasteiger partial charge is 0.396 e. The van der Waals surface area contributed by atoms with Crippen LogP contribution in [0.15, 0.2) is 12.4 Å². The van der Waals surface area contributed by atoms with E-state index in [0.717, 1.165) is 37.4 Å². The summed E-state index contributed by atoms with van der Waals surface area (Å²) in [5, 5.41) is 9.12. The van der Waals surface area contributed by atoms with E-state index < -0.39 is 0 Å². The first-order valence-electron chi connectivity index (χ1n) is 6.69. The van der Waals surface area contributed by atoms with Crippen molar-refractivity contribution in [1.29, 1.82) is 0 Å². The minimum absolute atomic E-state index is 0.0996. The number of nitrogens with zero attached hydrogens (tertiary/aromatic N) is 3. The van der Waals surface area contributed by atoms with E-state index in [-0.39, 0.29) is 5.41 Å². The summed E-state index contributed by atoms with van der Waals surface area (Å²) in [7, 11) is 0. The fourth-order valence-electron chi connectivity index (χ4n) is 2.19. The Bertz CT molecular complexity index is 375. The number of anilines is 1. The number of hydrogen-bond acceptors (Lipinski definition) is 4. The van der Waals surface area contributed by atoms with Gasteiger partial charge in [-0.05, 0) is 29.7 Å². The molecule has 0 saturated carbocycles. The van der Waals surface area contributed by atoms with Gasteiger partial charge in [-0.1, -0.05) is 20.8 Å². The molecular formula is C14H23N3O. The zero-order chi connectivity index (χ0) is 13.2. The smallest absolute Gasteiger partial charge is 0.225 e. The molecule has 0 aromatic carbocycles. The summed E-state index contributed by atoms with van der Waals surface area (Å²) in [6.07, 6.45) is 5.92. The number of aliphatic hydroxyl groups excluding tert-OH is 1. The third-order valence-electron chi connectivity index (χ3n) is 3.66. The minimum Gasteiger partial charge on any atom is -0.396 e. The van der Waals surface area contributed by atoms with Crippen molar-refractivity contribution >= 4 is 5.95 Å². The molecule has 0 atom stereocenters. The fraction of sp³-hybridized carbons (Fsp3) is 0.714. The Labute approximate surface area is 109 Å². The summed E-state index contributed by atoms with van der Waals surface area (Å²) in [5.74, 6) is 1.27. The maximum absolute atomic E-state index is 9.12. The molecule has 0 amide bonds. The lowest BCUT2D eigenvalue weighted by molar-refractivity contribution is 0.202. The third kappa shape index (κ3) is 2.99. The van der Waals surface area contributed by atoms with Crippen LogP contribution in [-0.4, -0.2) is 34.8 Å². The van der Waals surface area contributed by atoms with Crippen molar-refractivity contribution in [2.75, 3.05) is 24.6 Å². The Morgan fingerprint density at radius 2 is 1.78 bits per heavy atom. The molecule has 1 aromatic heterocycles. The van der Waals surface area contributed by atoms with Crippen molar-refractivity contribution in [3.05, 3.63) is 18.0 Å². The molecule has 2 rings (SSSR count). The number of piperidine rings is 1. The predicted molar refractivity (Wildman–Crippen MR) is 72.8 cm³/mol. The number of rotatable bonds is 2. The molecule has 4 heteroatoms. The van der Waals surface area contributed by atoms with Crippen LogP contribution in [0.2, 0.25) is 0 Å². The molecule has 1 N–H and O–H groups in total. The summed E-state index contributed by atoms with van der Waals surface area (Å²) in [5.41, 5.74) is 1.26. The van der Waals surface area contributed by atoms with E-state index in [1.807, 2.05) is 12.4 Å². The van der Waals surface area contributed by atoms with Crippen LogP contribution in [0.3, 0.4) is 0 Å². The Morgan fingerprint density at radius 3 is 2.22 bits per heavy atom. The Kier molecular flexibility index (Phi) is 3.85. The van der Waals surface area contributed by atoms with Crippen LogP contribution < -0.4 is 4.90 Å². The van der Waals surface area contributed by atoms with Gasteiger partial charge in [0.05, 0.1) is 0 Å². The molecule has 0 bridgehead atoms. The normalized spacial score (nSPS) is 18.1. The average Bonchev–Trinajstić information content (AvgIpc) is 2.38. The molecule has 0 unspecified atom stereocenters. The van der Waals surface area contributed by atoms with Gasteiger partial charge in [0.2, 0.25) is 5.95 Å². The molecule has 1 fully saturated rings. The van der Waals surface area contributed by atoms with Gasteiger partial charge >= 0.3 is 0 Å². The highest BCUT2D eigenvalue weighted by molar-refractivity contribution is 5.31. The van der Waals surface area contributed by atoms with Crippen molar-refractivity contribution < 1.29 is 5.11 Å². The van der Waals surface area contributed by atoms with Gasteiger partial charge in [0.15, 0.2) is 0 Å². The SMILES string of the molecule is CC(C)(C)c1cnc(N2CCC(CO)CC2)nc1. The summed E-state index contributed by atoms with van der Waals surface area (Å²) in [6, 6.07) is 0. The first-order valence-corrected chi connectivity index (χ1v) is 6.69. The van der Waals surface area contributed by atoms with Crippen molar-refractivity contribution in [2.45, 2.75) is 39.0 Å². The Balaban J connectivity index is 2.02. The van der Waals surface area contributed by atoms with E-state index in [9.17, 15) is 0 Å². The van der Waals surface area contributed by atoms with Gasteiger partial charge in [0.1, 0.15) is 0 Å². The van der Waals surface area contributed by atoms with Crippen LogP contribution in [0.4, 0.5) is 5.95 Å². The zero-order valence-electron chi connectivity index (χ0n) is 11.6. The van der Waals surface area contributed by atoms with Crippen LogP contribution in [0.1, 0.15) is 39.2 Å². The number of aromatic nitrogens is 2. The molecule has 100 valence electrons. The third-order valence-corrected chi connectivity index (χ3v) is 3.66. The first kappa shape index (κ1) is 13.3. The lowest BCUT2D eigenvalue weighted by Gasteiger charge is -2.31. The van der Waals surface area contributed by atoms with Gasteiger partial charge in [0.25, 0.3) is 0 Å². The molecule has 4 nitrogen and oxygen atoms in total. The minimum atomic E-state index is 0.0996. The van der Waals surface area contributed by atoms with Crippen LogP contribution in [0, 0.1) is 5.92 Å². The molecule has 18 heavy (non-hydrogen) atoms. The molecule has 0 radical (unpaired) electrons. The Morgan fingerprint density at radius 1 is 1.22 bits per heavy atom. The van der Waals surface area contributed by atoms with Crippen LogP contribution >= 0.6 is 0 Å². The molecule has 1 saturated heterocycles. The van der Waals surface area contributed by atoms with Gasteiger partial charge in [0, 0.05) is 32.1 Å². The van der Waals surface area contributed by atoms with Crippen LogP contribution in [0.25, 0.3) is 0 Å².